The smallest absolute Gasteiger partial charge is 0.336 e. The van der Waals surface area contributed by atoms with Gasteiger partial charge < -0.3 is 14.8 Å². The zero-order chi connectivity index (χ0) is 20.6. The Balaban J connectivity index is 1.98. The Kier molecular flexibility index (Phi) is 5.18. The lowest BCUT2D eigenvalue weighted by Gasteiger charge is -2.16. The molecule has 0 amide bonds. The third-order valence-electron chi connectivity index (χ3n) is 4.65. The quantitative estimate of drug-likeness (QED) is 0.637. The molecule has 0 saturated heterocycles. The Morgan fingerprint density at radius 3 is 2.50 bits per heavy atom. The summed E-state index contributed by atoms with van der Waals surface area (Å²) in [6, 6.07) is 9.73. The molecule has 0 atom stereocenters. The summed E-state index contributed by atoms with van der Waals surface area (Å²) in [6.07, 6.45) is 0. The van der Waals surface area contributed by atoms with E-state index in [1.807, 2.05) is 0 Å². The molecule has 28 heavy (non-hydrogen) atoms. The summed E-state index contributed by atoms with van der Waals surface area (Å²) in [7, 11) is -0.588. The van der Waals surface area contributed by atoms with Crippen LogP contribution in [0.4, 0.5) is 5.69 Å². The van der Waals surface area contributed by atoms with Crippen molar-refractivity contribution in [2.24, 2.45) is 0 Å². The fourth-order valence-electron chi connectivity index (χ4n) is 2.94. The third kappa shape index (κ3) is 3.61. The Morgan fingerprint density at radius 1 is 1.11 bits per heavy atom. The Bertz CT molecular complexity index is 1210. The van der Waals surface area contributed by atoms with Gasteiger partial charge in [-0.25, -0.2) is 17.5 Å². The van der Waals surface area contributed by atoms with Gasteiger partial charge >= 0.3 is 5.63 Å². The molecule has 3 aromatic rings. The summed E-state index contributed by atoms with van der Waals surface area (Å²) in [5.74, 6) is 0.0535. The Morgan fingerprint density at radius 2 is 1.82 bits per heavy atom. The molecule has 0 aliphatic carbocycles. The average molecular weight is 402 g/mol. The van der Waals surface area contributed by atoms with Crippen LogP contribution in [-0.4, -0.2) is 31.9 Å². The number of aromatic hydroxyl groups is 1. The van der Waals surface area contributed by atoms with Gasteiger partial charge in [0.05, 0.1) is 4.90 Å². The maximum Gasteiger partial charge on any atom is 0.336 e. The first-order valence-corrected chi connectivity index (χ1v) is 10.1. The highest BCUT2D eigenvalue weighted by Crippen LogP contribution is 2.28. The number of benzene rings is 2. The van der Waals surface area contributed by atoms with E-state index in [2.05, 4.69) is 5.32 Å². The van der Waals surface area contributed by atoms with Crippen LogP contribution >= 0.6 is 0 Å². The minimum absolute atomic E-state index is 0.0535. The van der Waals surface area contributed by atoms with Crippen LogP contribution in [0.25, 0.3) is 11.0 Å². The normalized spacial score (nSPS) is 11.9. The topological polar surface area (TPSA) is 99.8 Å². The average Bonchev–Trinajstić information content (AvgIpc) is 2.63. The molecule has 0 radical (unpaired) electrons. The second-order valence-corrected chi connectivity index (χ2v) is 8.92. The summed E-state index contributed by atoms with van der Waals surface area (Å²) in [5, 5.41) is 13.7. The van der Waals surface area contributed by atoms with E-state index in [-0.39, 0.29) is 17.2 Å². The van der Waals surface area contributed by atoms with E-state index in [9.17, 15) is 18.3 Å². The lowest BCUT2D eigenvalue weighted by atomic mass is 10.1. The monoisotopic (exact) mass is 402 g/mol. The lowest BCUT2D eigenvalue weighted by Crippen LogP contribution is -2.23. The number of hydrogen-bond donors (Lipinski definition) is 2. The first-order valence-electron chi connectivity index (χ1n) is 8.63. The van der Waals surface area contributed by atoms with Gasteiger partial charge in [0.15, 0.2) is 0 Å². The molecule has 2 aromatic carbocycles. The van der Waals surface area contributed by atoms with E-state index >= 15 is 0 Å². The number of fused-ring (bicyclic) bond motifs is 1. The van der Waals surface area contributed by atoms with Crippen molar-refractivity contribution in [3.05, 3.63) is 63.5 Å². The number of aryl methyl sites for hydroxylation is 2. The number of rotatable bonds is 5. The molecule has 0 unspecified atom stereocenters. The van der Waals surface area contributed by atoms with Crippen LogP contribution in [0.5, 0.6) is 5.75 Å². The van der Waals surface area contributed by atoms with Crippen molar-refractivity contribution >= 4 is 26.7 Å². The van der Waals surface area contributed by atoms with Gasteiger partial charge in [-0.15, -0.1) is 0 Å². The SMILES string of the molecule is Cc1ccc(NCc2cc(=O)oc3c(C)c(O)ccc23)cc1S(=O)(=O)N(C)C. The molecule has 3 rings (SSSR count). The molecule has 8 heteroatoms. The fourth-order valence-corrected chi connectivity index (χ4v) is 4.09. The van der Waals surface area contributed by atoms with Crippen LogP contribution in [0, 0.1) is 13.8 Å². The van der Waals surface area contributed by atoms with Crippen LogP contribution in [0.2, 0.25) is 0 Å². The van der Waals surface area contributed by atoms with E-state index in [1.165, 1.54) is 24.5 Å². The zero-order valence-corrected chi connectivity index (χ0v) is 16.9. The van der Waals surface area contributed by atoms with Crippen LogP contribution < -0.4 is 10.9 Å². The van der Waals surface area contributed by atoms with E-state index in [0.29, 0.717) is 33.3 Å². The van der Waals surface area contributed by atoms with Gasteiger partial charge in [-0.2, -0.15) is 0 Å². The maximum atomic E-state index is 12.5. The van der Waals surface area contributed by atoms with Crippen LogP contribution in [0.3, 0.4) is 0 Å². The summed E-state index contributed by atoms with van der Waals surface area (Å²) in [4.78, 5) is 12.1. The van der Waals surface area contributed by atoms with E-state index in [4.69, 9.17) is 4.42 Å². The largest absolute Gasteiger partial charge is 0.508 e. The summed E-state index contributed by atoms with van der Waals surface area (Å²) in [5.41, 5.74) is 2.26. The Hall–Kier alpha value is -2.84. The molecule has 2 N–H and O–H groups in total. The summed E-state index contributed by atoms with van der Waals surface area (Å²) >= 11 is 0. The molecule has 0 fully saturated rings. The molecule has 0 bridgehead atoms. The molecule has 0 aliphatic heterocycles. The molecule has 0 saturated carbocycles. The highest BCUT2D eigenvalue weighted by Gasteiger charge is 2.20. The minimum atomic E-state index is -3.56. The summed E-state index contributed by atoms with van der Waals surface area (Å²) in [6.45, 7) is 3.71. The van der Waals surface area contributed by atoms with Gasteiger partial charge in [0.2, 0.25) is 10.0 Å². The summed E-state index contributed by atoms with van der Waals surface area (Å²) < 4.78 is 31.4. The van der Waals surface area contributed by atoms with E-state index < -0.39 is 15.6 Å². The van der Waals surface area contributed by atoms with Crippen molar-refractivity contribution in [1.82, 2.24) is 4.31 Å². The first-order chi connectivity index (χ1) is 13.1. The highest BCUT2D eigenvalue weighted by atomic mass is 32.2. The van der Waals surface area contributed by atoms with Crippen molar-refractivity contribution in [1.29, 1.82) is 0 Å². The standard InChI is InChI=1S/C20H22N2O5S/c1-12-5-6-15(10-18(12)28(25,26)22(3)4)21-11-14-9-19(24)27-20-13(2)17(23)8-7-16(14)20/h5-10,21,23H,11H2,1-4H3. The highest BCUT2D eigenvalue weighted by molar-refractivity contribution is 7.89. The number of sulfonamides is 1. The molecule has 1 heterocycles. The van der Waals surface area contributed by atoms with E-state index in [1.54, 1.807) is 44.2 Å². The third-order valence-corrected chi connectivity index (χ3v) is 6.60. The predicted octanol–water partition coefficient (Wildman–Crippen LogP) is 2.98. The minimum Gasteiger partial charge on any atom is -0.508 e. The van der Waals surface area contributed by atoms with Gasteiger partial charge in [0.1, 0.15) is 11.3 Å². The Labute approximate surface area is 163 Å². The predicted molar refractivity (Wildman–Crippen MR) is 108 cm³/mol. The molecule has 0 spiro atoms. The molecule has 7 nitrogen and oxygen atoms in total. The van der Waals surface area contributed by atoms with Crippen molar-refractivity contribution < 1.29 is 17.9 Å². The van der Waals surface area contributed by atoms with Crippen LogP contribution in [0.15, 0.2) is 50.5 Å². The fraction of sp³-hybridized carbons (Fsp3) is 0.250. The van der Waals surface area contributed by atoms with Crippen molar-refractivity contribution in [3.63, 3.8) is 0 Å². The maximum absolute atomic E-state index is 12.5. The molecule has 0 aliphatic rings. The number of nitrogens with one attached hydrogen (secondary N) is 1. The van der Waals surface area contributed by atoms with E-state index in [0.717, 1.165) is 0 Å². The van der Waals surface area contributed by atoms with Crippen LogP contribution in [0.1, 0.15) is 16.7 Å². The molecule has 1 aromatic heterocycles. The van der Waals surface area contributed by atoms with Crippen molar-refractivity contribution in [2.75, 3.05) is 19.4 Å². The number of phenolic OH excluding ortho intramolecular Hbond substituents is 1. The second kappa shape index (κ2) is 7.29. The van der Waals surface area contributed by atoms with Gasteiger partial charge in [-0.05, 0) is 49.2 Å². The lowest BCUT2D eigenvalue weighted by molar-refractivity contribution is 0.468. The zero-order valence-electron chi connectivity index (χ0n) is 16.1. The second-order valence-electron chi connectivity index (χ2n) is 6.80. The van der Waals surface area contributed by atoms with Crippen LogP contribution in [-0.2, 0) is 16.6 Å². The van der Waals surface area contributed by atoms with Crippen molar-refractivity contribution in [2.45, 2.75) is 25.3 Å². The number of hydrogen-bond acceptors (Lipinski definition) is 6. The molecule has 148 valence electrons. The first kappa shape index (κ1) is 19.9. The van der Waals surface area contributed by atoms with Gasteiger partial charge in [-0.3, -0.25) is 0 Å². The number of phenols is 1. The van der Waals surface area contributed by atoms with Gasteiger partial charge in [-0.1, -0.05) is 6.07 Å². The van der Waals surface area contributed by atoms with Gasteiger partial charge in [0.25, 0.3) is 0 Å². The number of nitrogens with zero attached hydrogens (tertiary/aromatic N) is 1. The van der Waals surface area contributed by atoms with Crippen molar-refractivity contribution in [3.8, 4) is 5.75 Å². The number of anilines is 1. The molecular formula is C20H22N2O5S. The molecular weight excluding hydrogens is 380 g/mol. The van der Waals surface area contributed by atoms with Gasteiger partial charge in [0, 0.05) is 43.3 Å².